The predicted molar refractivity (Wildman–Crippen MR) is 74.8 cm³/mol. The highest BCUT2D eigenvalue weighted by atomic mass is 32.2. The summed E-state index contributed by atoms with van der Waals surface area (Å²) in [6.07, 6.45) is 2.15. The van der Waals surface area contributed by atoms with Gasteiger partial charge in [-0.2, -0.15) is 0 Å². The summed E-state index contributed by atoms with van der Waals surface area (Å²) in [6, 6.07) is 3.09. The molecule has 2 unspecified atom stereocenters. The van der Waals surface area contributed by atoms with E-state index in [9.17, 15) is 17.6 Å². The fourth-order valence-electron chi connectivity index (χ4n) is 2.72. The Balaban J connectivity index is 2.15. The molecule has 0 heterocycles. The third-order valence-electron chi connectivity index (χ3n) is 3.77. The highest BCUT2D eigenvalue weighted by Crippen LogP contribution is 2.26. The van der Waals surface area contributed by atoms with Crippen molar-refractivity contribution in [3.05, 3.63) is 29.6 Å². The molecule has 0 saturated heterocycles. The van der Waals surface area contributed by atoms with E-state index in [2.05, 4.69) is 4.72 Å². The topological polar surface area (TPSA) is 83.5 Å². The van der Waals surface area contributed by atoms with Gasteiger partial charge in [0, 0.05) is 6.04 Å². The van der Waals surface area contributed by atoms with Crippen LogP contribution in [-0.2, 0) is 14.8 Å². The van der Waals surface area contributed by atoms with Crippen LogP contribution in [0, 0.1) is 18.7 Å². The van der Waals surface area contributed by atoms with Gasteiger partial charge in [0.15, 0.2) is 0 Å². The number of aryl methyl sites for hydroxylation is 1. The van der Waals surface area contributed by atoms with Crippen LogP contribution in [0.3, 0.4) is 0 Å². The summed E-state index contributed by atoms with van der Waals surface area (Å²) < 4.78 is 40.3. The second-order valence-corrected chi connectivity index (χ2v) is 7.11. The van der Waals surface area contributed by atoms with Crippen LogP contribution >= 0.6 is 0 Å². The van der Waals surface area contributed by atoms with E-state index in [1.54, 1.807) is 0 Å². The molecule has 1 saturated carbocycles. The maximum atomic E-state index is 13.1. The monoisotopic (exact) mass is 315 g/mol. The van der Waals surface area contributed by atoms with Crippen LogP contribution < -0.4 is 4.72 Å². The van der Waals surface area contributed by atoms with Gasteiger partial charge in [0.25, 0.3) is 0 Å². The summed E-state index contributed by atoms with van der Waals surface area (Å²) in [4.78, 5) is 11.0. The van der Waals surface area contributed by atoms with Crippen LogP contribution in [0.25, 0.3) is 0 Å². The van der Waals surface area contributed by atoms with Crippen molar-refractivity contribution in [1.29, 1.82) is 0 Å². The summed E-state index contributed by atoms with van der Waals surface area (Å²) in [6.45, 7) is 1.53. The van der Waals surface area contributed by atoms with Crippen molar-refractivity contribution in [3.63, 3.8) is 0 Å². The van der Waals surface area contributed by atoms with Crippen molar-refractivity contribution < 1.29 is 22.7 Å². The van der Waals surface area contributed by atoms with Crippen LogP contribution in [0.1, 0.15) is 31.2 Å². The highest BCUT2D eigenvalue weighted by molar-refractivity contribution is 7.89. The molecule has 116 valence electrons. The largest absolute Gasteiger partial charge is 0.481 e. The molecule has 0 aromatic heterocycles. The first-order chi connectivity index (χ1) is 9.79. The molecule has 0 radical (unpaired) electrons. The van der Waals surface area contributed by atoms with Crippen LogP contribution in [0.15, 0.2) is 23.1 Å². The first kappa shape index (κ1) is 15.9. The Labute approximate surface area is 123 Å². The lowest BCUT2D eigenvalue weighted by Crippen LogP contribution is -2.40. The van der Waals surface area contributed by atoms with Gasteiger partial charge < -0.3 is 5.11 Å². The molecule has 1 fully saturated rings. The molecule has 0 aliphatic heterocycles. The number of sulfonamides is 1. The summed E-state index contributed by atoms with van der Waals surface area (Å²) >= 11 is 0. The van der Waals surface area contributed by atoms with Gasteiger partial charge >= 0.3 is 5.97 Å². The van der Waals surface area contributed by atoms with Crippen molar-refractivity contribution in [2.75, 3.05) is 0 Å². The van der Waals surface area contributed by atoms with Crippen LogP contribution in [0.4, 0.5) is 4.39 Å². The molecule has 5 nitrogen and oxygen atoms in total. The van der Waals surface area contributed by atoms with E-state index in [0.717, 1.165) is 12.1 Å². The molecular weight excluding hydrogens is 297 g/mol. The Bertz CT molecular complexity index is 644. The number of carbonyl (C=O) groups is 1. The minimum absolute atomic E-state index is 0.0290. The van der Waals surface area contributed by atoms with Gasteiger partial charge in [-0.15, -0.1) is 0 Å². The molecule has 2 atom stereocenters. The number of carboxylic acid groups (broad SMARTS) is 1. The van der Waals surface area contributed by atoms with E-state index in [-0.39, 0.29) is 11.3 Å². The maximum absolute atomic E-state index is 13.1. The van der Waals surface area contributed by atoms with E-state index < -0.39 is 33.8 Å². The zero-order valence-electron chi connectivity index (χ0n) is 11.7. The first-order valence-electron chi connectivity index (χ1n) is 6.81. The number of halogens is 1. The SMILES string of the molecule is Cc1cc(F)ccc1S(=O)(=O)NC1CCCC(C(=O)O)C1. The molecule has 0 bridgehead atoms. The Morgan fingerprint density at radius 3 is 2.71 bits per heavy atom. The van der Waals surface area contributed by atoms with Gasteiger partial charge in [-0.25, -0.2) is 17.5 Å². The molecule has 1 aliphatic rings. The van der Waals surface area contributed by atoms with Crippen molar-refractivity contribution in [2.45, 2.75) is 43.5 Å². The Morgan fingerprint density at radius 2 is 2.10 bits per heavy atom. The number of carboxylic acids is 1. The predicted octanol–water partition coefficient (Wildman–Crippen LogP) is 2.06. The van der Waals surface area contributed by atoms with E-state index in [1.807, 2.05) is 0 Å². The van der Waals surface area contributed by atoms with Gasteiger partial charge in [0.05, 0.1) is 10.8 Å². The highest BCUT2D eigenvalue weighted by Gasteiger charge is 2.30. The van der Waals surface area contributed by atoms with Crippen molar-refractivity contribution in [3.8, 4) is 0 Å². The van der Waals surface area contributed by atoms with Gasteiger partial charge in [-0.3, -0.25) is 4.79 Å². The number of rotatable bonds is 4. The molecular formula is C14H18FNO4S. The third-order valence-corrected chi connectivity index (χ3v) is 5.45. The minimum Gasteiger partial charge on any atom is -0.481 e. The number of aliphatic carboxylic acids is 1. The lowest BCUT2D eigenvalue weighted by atomic mass is 9.86. The fourth-order valence-corrected chi connectivity index (χ4v) is 4.23. The summed E-state index contributed by atoms with van der Waals surface area (Å²) in [7, 11) is -3.77. The first-order valence-corrected chi connectivity index (χ1v) is 8.29. The lowest BCUT2D eigenvalue weighted by molar-refractivity contribution is -0.143. The third kappa shape index (κ3) is 3.79. The Morgan fingerprint density at radius 1 is 1.38 bits per heavy atom. The number of hydrogen-bond acceptors (Lipinski definition) is 3. The second-order valence-electron chi connectivity index (χ2n) is 5.43. The molecule has 0 spiro atoms. The smallest absolute Gasteiger partial charge is 0.306 e. The fraction of sp³-hybridized carbons (Fsp3) is 0.500. The maximum Gasteiger partial charge on any atom is 0.306 e. The van der Waals surface area contributed by atoms with E-state index in [0.29, 0.717) is 24.8 Å². The average molecular weight is 315 g/mol. The molecule has 21 heavy (non-hydrogen) atoms. The molecule has 7 heteroatoms. The Hall–Kier alpha value is -1.47. The van der Waals surface area contributed by atoms with Gasteiger partial charge in [0.1, 0.15) is 5.82 Å². The zero-order valence-corrected chi connectivity index (χ0v) is 12.5. The lowest BCUT2D eigenvalue weighted by Gasteiger charge is -2.27. The summed E-state index contributed by atoms with van der Waals surface area (Å²) in [5.41, 5.74) is 0.327. The standard InChI is InChI=1S/C14H18FNO4S/c1-9-7-11(15)5-6-13(9)21(19,20)16-12-4-2-3-10(8-12)14(17)18/h5-7,10,12,16H,2-4,8H2,1H3,(H,17,18). The van der Waals surface area contributed by atoms with Gasteiger partial charge in [-0.1, -0.05) is 6.42 Å². The van der Waals surface area contributed by atoms with Crippen molar-refractivity contribution >= 4 is 16.0 Å². The van der Waals surface area contributed by atoms with Crippen LogP contribution in [0.5, 0.6) is 0 Å². The average Bonchev–Trinajstić information content (AvgIpc) is 2.37. The molecule has 0 amide bonds. The Kier molecular flexibility index (Phi) is 4.63. The van der Waals surface area contributed by atoms with E-state index in [1.165, 1.54) is 13.0 Å². The molecule has 1 aromatic rings. The normalized spacial score (nSPS) is 23.0. The van der Waals surface area contributed by atoms with Crippen molar-refractivity contribution in [2.24, 2.45) is 5.92 Å². The molecule has 2 rings (SSSR count). The zero-order chi connectivity index (χ0) is 15.6. The van der Waals surface area contributed by atoms with Crippen LogP contribution in [-0.4, -0.2) is 25.5 Å². The van der Waals surface area contributed by atoms with E-state index >= 15 is 0 Å². The van der Waals surface area contributed by atoms with Crippen molar-refractivity contribution in [1.82, 2.24) is 4.72 Å². The summed E-state index contributed by atoms with van der Waals surface area (Å²) in [5.74, 6) is -1.90. The second kappa shape index (κ2) is 6.11. The molecule has 2 N–H and O–H groups in total. The molecule has 1 aliphatic carbocycles. The molecule has 1 aromatic carbocycles. The number of nitrogens with one attached hydrogen (secondary N) is 1. The minimum atomic E-state index is -3.77. The number of hydrogen-bond donors (Lipinski definition) is 2. The number of benzene rings is 1. The quantitative estimate of drug-likeness (QED) is 0.891. The van der Waals surface area contributed by atoms with E-state index in [4.69, 9.17) is 5.11 Å². The summed E-state index contributed by atoms with van der Waals surface area (Å²) in [5, 5.41) is 9.03. The van der Waals surface area contributed by atoms with Gasteiger partial charge in [0.2, 0.25) is 10.0 Å². The van der Waals surface area contributed by atoms with Gasteiger partial charge in [-0.05, 0) is 49.9 Å². The van der Waals surface area contributed by atoms with Crippen LogP contribution in [0.2, 0.25) is 0 Å².